The summed E-state index contributed by atoms with van der Waals surface area (Å²) in [5, 5.41) is 5.83. The van der Waals surface area contributed by atoms with Gasteiger partial charge >= 0.3 is 6.18 Å². The average molecular weight is 337 g/mol. The zero-order chi connectivity index (χ0) is 17.3. The van der Waals surface area contributed by atoms with Gasteiger partial charge in [0.2, 0.25) is 0 Å². The summed E-state index contributed by atoms with van der Waals surface area (Å²) in [7, 11) is 0. The van der Waals surface area contributed by atoms with E-state index in [0.717, 1.165) is 17.2 Å². The molecular formula is C16H14F3N3O2. The van der Waals surface area contributed by atoms with Crippen LogP contribution >= 0.6 is 0 Å². The number of amides is 1. The molecule has 0 spiro atoms. The second-order valence-corrected chi connectivity index (χ2v) is 5.47. The van der Waals surface area contributed by atoms with Crippen LogP contribution in [0.15, 0.2) is 41.2 Å². The Morgan fingerprint density at radius 2 is 1.92 bits per heavy atom. The van der Waals surface area contributed by atoms with Crippen LogP contribution in [0.3, 0.4) is 0 Å². The summed E-state index contributed by atoms with van der Waals surface area (Å²) in [4.78, 5) is 25.7. The molecule has 0 saturated heterocycles. The number of rotatable bonds is 2. The van der Waals surface area contributed by atoms with Crippen molar-refractivity contribution in [1.82, 2.24) is 15.6 Å². The zero-order valence-corrected chi connectivity index (χ0v) is 12.4. The maximum atomic E-state index is 12.6. The molecule has 1 aliphatic rings. The molecule has 126 valence electrons. The lowest BCUT2D eigenvalue weighted by atomic mass is 9.96. The second kappa shape index (κ2) is 6.12. The molecule has 1 aliphatic heterocycles. The highest BCUT2D eigenvalue weighted by atomic mass is 19.4. The molecule has 0 fully saturated rings. The first-order chi connectivity index (χ1) is 11.4. The number of aromatic nitrogens is 1. The lowest BCUT2D eigenvalue weighted by Gasteiger charge is -2.27. The Morgan fingerprint density at radius 1 is 1.17 bits per heavy atom. The fourth-order valence-electron chi connectivity index (χ4n) is 2.68. The first-order valence-electron chi connectivity index (χ1n) is 7.26. The molecule has 5 nitrogen and oxygen atoms in total. The van der Waals surface area contributed by atoms with E-state index in [1.165, 1.54) is 0 Å². The minimum atomic E-state index is -4.67. The lowest BCUT2D eigenvalue weighted by Crippen LogP contribution is -2.41. The van der Waals surface area contributed by atoms with Crippen LogP contribution in [0.2, 0.25) is 0 Å². The van der Waals surface area contributed by atoms with Gasteiger partial charge in [-0.05, 0) is 23.3 Å². The first-order valence-corrected chi connectivity index (χ1v) is 7.26. The van der Waals surface area contributed by atoms with Gasteiger partial charge in [0.05, 0.1) is 6.04 Å². The van der Waals surface area contributed by atoms with Crippen molar-refractivity contribution >= 4 is 5.91 Å². The van der Waals surface area contributed by atoms with E-state index < -0.39 is 23.3 Å². The van der Waals surface area contributed by atoms with Crippen LogP contribution in [0.5, 0.6) is 0 Å². The van der Waals surface area contributed by atoms with Crippen LogP contribution in [-0.2, 0) is 12.7 Å². The molecule has 3 rings (SSSR count). The Morgan fingerprint density at radius 3 is 2.62 bits per heavy atom. The Balaban J connectivity index is 1.83. The summed E-state index contributed by atoms with van der Waals surface area (Å²) < 4.78 is 37.7. The molecule has 1 atom stereocenters. The van der Waals surface area contributed by atoms with Crippen molar-refractivity contribution in [1.29, 1.82) is 0 Å². The molecule has 0 saturated carbocycles. The van der Waals surface area contributed by atoms with Crippen molar-refractivity contribution in [3.8, 4) is 0 Å². The highest BCUT2D eigenvalue weighted by Gasteiger charge is 2.32. The monoisotopic (exact) mass is 337 g/mol. The standard InChI is InChI=1S/C16H14F3N3O2/c17-16(18,19)13-6-5-11(15(24)22-13)14(23)21-12-8-20-7-9-3-1-2-4-10(9)12/h1-6,12,20H,7-8H2,(H,21,23)(H,22,24). The molecule has 1 aromatic carbocycles. The quantitative estimate of drug-likeness (QED) is 0.784. The van der Waals surface area contributed by atoms with Crippen LogP contribution in [0.4, 0.5) is 13.2 Å². The van der Waals surface area contributed by atoms with Crippen molar-refractivity contribution in [2.75, 3.05) is 6.54 Å². The summed E-state index contributed by atoms with van der Waals surface area (Å²) in [6.07, 6.45) is -4.67. The second-order valence-electron chi connectivity index (χ2n) is 5.47. The number of H-pyrrole nitrogens is 1. The number of alkyl halides is 3. The van der Waals surface area contributed by atoms with E-state index in [2.05, 4.69) is 10.6 Å². The third-order valence-electron chi connectivity index (χ3n) is 3.86. The molecule has 0 aliphatic carbocycles. The van der Waals surface area contributed by atoms with Crippen LogP contribution < -0.4 is 16.2 Å². The molecule has 1 amide bonds. The smallest absolute Gasteiger partial charge is 0.344 e. The number of pyridine rings is 1. The third kappa shape index (κ3) is 3.18. The van der Waals surface area contributed by atoms with E-state index in [4.69, 9.17) is 0 Å². The highest BCUT2D eigenvalue weighted by molar-refractivity contribution is 5.94. The first kappa shape index (κ1) is 16.3. The van der Waals surface area contributed by atoms with E-state index in [1.54, 1.807) is 4.98 Å². The van der Waals surface area contributed by atoms with Gasteiger partial charge in [-0.1, -0.05) is 24.3 Å². The summed E-state index contributed by atoms with van der Waals surface area (Å²) in [5.41, 5.74) is -0.664. The number of fused-ring (bicyclic) bond motifs is 1. The summed E-state index contributed by atoms with van der Waals surface area (Å²) in [5.74, 6) is -0.714. The van der Waals surface area contributed by atoms with Crippen molar-refractivity contribution in [3.05, 3.63) is 69.1 Å². The molecule has 2 aromatic rings. The predicted octanol–water partition coefficient (Wildman–Crippen LogP) is 1.97. The van der Waals surface area contributed by atoms with Crippen molar-refractivity contribution in [2.45, 2.75) is 18.8 Å². The molecule has 24 heavy (non-hydrogen) atoms. The van der Waals surface area contributed by atoms with Gasteiger partial charge < -0.3 is 15.6 Å². The molecule has 3 N–H and O–H groups in total. The van der Waals surface area contributed by atoms with E-state index in [9.17, 15) is 22.8 Å². The fourth-order valence-corrected chi connectivity index (χ4v) is 2.68. The Bertz CT molecular complexity index is 830. The number of halogens is 3. The van der Waals surface area contributed by atoms with Crippen molar-refractivity contribution in [3.63, 3.8) is 0 Å². The average Bonchev–Trinajstić information content (AvgIpc) is 2.54. The van der Waals surface area contributed by atoms with E-state index >= 15 is 0 Å². The van der Waals surface area contributed by atoms with Crippen molar-refractivity contribution < 1.29 is 18.0 Å². The zero-order valence-electron chi connectivity index (χ0n) is 12.4. The van der Waals surface area contributed by atoms with E-state index in [0.29, 0.717) is 19.2 Å². The SMILES string of the molecule is O=C(NC1CNCc2ccccc21)c1ccc(C(F)(F)F)[nH]c1=O. The number of nitrogens with one attached hydrogen (secondary N) is 3. The van der Waals surface area contributed by atoms with Crippen LogP contribution in [0, 0.1) is 0 Å². The molecule has 0 bridgehead atoms. The minimum Gasteiger partial charge on any atom is -0.344 e. The van der Waals surface area contributed by atoms with Gasteiger partial charge in [-0.15, -0.1) is 0 Å². The largest absolute Gasteiger partial charge is 0.431 e. The number of benzene rings is 1. The highest BCUT2D eigenvalue weighted by Crippen LogP contribution is 2.26. The van der Waals surface area contributed by atoms with Gasteiger partial charge in [-0.3, -0.25) is 9.59 Å². The molecule has 0 radical (unpaired) electrons. The summed E-state index contributed by atoms with van der Waals surface area (Å²) in [6.45, 7) is 1.14. The maximum absolute atomic E-state index is 12.6. The minimum absolute atomic E-state index is 0.356. The van der Waals surface area contributed by atoms with Gasteiger partial charge in [0.1, 0.15) is 11.3 Å². The van der Waals surface area contributed by atoms with Gasteiger partial charge in [-0.25, -0.2) is 0 Å². The number of aromatic amines is 1. The topological polar surface area (TPSA) is 74.0 Å². The predicted molar refractivity (Wildman–Crippen MR) is 80.4 cm³/mol. The number of carbonyl (C=O) groups excluding carboxylic acids is 1. The van der Waals surface area contributed by atoms with E-state index in [-0.39, 0.29) is 11.6 Å². The van der Waals surface area contributed by atoms with Gasteiger partial charge in [0.25, 0.3) is 11.5 Å². The lowest BCUT2D eigenvalue weighted by molar-refractivity contribution is -0.141. The molecular weight excluding hydrogens is 323 g/mol. The van der Waals surface area contributed by atoms with Gasteiger partial charge in [0.15, 0.2) is 0 Å². The van der Waals surface area contributed by atoms with Crippen molar-refractivity contribution in [2.24, 2.45) is 0 Å². The Labute approximate surface area is 134 Å². The third-order valence-corrected chi connectivity index (χ3v) is 3.86. The van der Waals surface area contributed by atoms with Gasteiger partial charge in [-0.2, -0.15) is 13.2 Å². The number of carbonyl (C=O) groups is 1. The normalized spacial score (nSPS) is 17.2. The van der Waals surface area contributed by atoms with Crippen LogP contribution in [0.1, 0.15) is 33.2 Å². The van der Waals surface area contributed by atoms with Crippen LogP contribution in [0.25, 0.3) is 0 Å². The molecule has 1 unspecified atom stereocenters. The molecule has 2 heterocycles. The fraction of sp³-hybridized carbons (Fsp3) is 0.250. The molecule has 1 aromatic heterocycles. The summed E-state index contributed by atoms with van der Waals surface area (Å²) >= 11 is 0. The van der Waals surface area contributed by atoms with Gasteiger partial charge in [0, 0.05) is 13.1 Å². The Hall–Kier alpha value is -2.61. The Kier molecular flexibility index (Phi) is 4.15. The maximum Gasteiger partial charge on any atom is 0.431 e. The number of hydrogen-bond acceptors (Lipinski definition) is 3. The number of hydrogen-bond donors (Lipinski definition) is 3. The summed E-state index contributed by atoms with van der Waals surface area (Å²) in [6, 6.07) is 8.73. The van der Waals surface area contributed by atoms with E-state index in [1.807, 2.05) is 24.3 Å². The molecule has 8 heteroatoms. The van der Waals surface area contributed by atoms with Crippen LogP contribution in [-0.4, -0.2) is 17.4 Å².